The van der Waals surface area contributed by atoms with E-state index >= 15 is 0 Å². The molecule has 0 bridgehead atoms. The average molecular weight is 298 g/mol. The van der Waals surface area contributed by atoms with Gasteiger partial charge in [0.2, 0.25) is 5.91 Å². The minimum Gasteiger partial charge on any atom is -0.343 e. The Hall–Kier alpha value is -2.17. The molecule has 5 nitrogen and oxygen atoms in total. The summed E-state index contributed by atoms with van der Waals surface area (Å²) in [7, 11) is 1.93. The Morgan fingerprint density at radius 1 is 1.36 bits per heavy atom. The maximum absolute atomic E-state index is 11.6. The Balaban J connectivity index is 1.73. The topological polar surface area (TPSA) is 51.0 Å². The lowest BCUT2D eigenvalue weighted by molar-refractivity contribution is -0.130. The zero-order valence-corrected chi connectivity index (χ0v) is 13.2. The Labute approximate surface area is 131 Å². The number of hydrogen-bond donors (Lipinski definition) is 0. The molecule has 116 valence electrons. The normalized spacial score (nSPS) is 18.5. The summed E-state index contributed by atoms with van der Waals surface area (Å²) in [6, 6.07) is 6.19. The van der Waals surface area contributed by atoms with Crippen LogP contribution in [0.5, 0.6) is 0 Å². The molecule has 1 aliphatic rings. The van der Waals surface area contributed by atoms with E-state index in [4.69, 9.17) is 0 Å². The first-order chi connectivity index (χ1) is 10.6. The number of carbonyl (C=O) groups excluding carboxylic acids is 1. The van der Waals surface area contributed by atoms with Gasteiger partial charge < -0.3 is 4.90 Å². The highest BCUT2D eigenvalue weighted by atomic mass is 16.2. The summed E-state index contributed by atoms with van der Waals surface area (Å²) >= 11 is 0. The third kappa shape index (κ3) is 3.18. The predicted octanol–water partition coefficient (Wildman–Crippen LogP) is 2.28. The lowest BCUT2D eigenvalue weighted by atomic mass is 9.91. The number of aryl methyl sites for hydroxylation is 1. The van der Waals surface area contributed by atoms with E-state index in [2.05, 4.69) is 22.2 Å². The number of nitrogens with zero attached hydrogens (tertiary/aromatic N) is 4. The zero-order valence-electron chi connectivity index (χ0n) is 13.2. The van der Waals surface area contributed by atoms with Gasteiger partial charge in [0, 0.05) is 39.5 Å². The molecule has 0 radical (unpaired) electrons. The van der Waals surface area contributed by atoms with Gasteiger partial charge in [-0.2, -0.15) is 5.10 Å². The second-order valence-electron chi connectivity index (χ2n) is 6.07. The number of carbonyl (C=O) groups is 1. The van der Waals surface area contributed by atoms with E-state index in [1.165, 1.54) is 12.0 Å². The number of likely N-dealkylation sites (tertiary alicyclic amines) is 1. The molecule has 1 atom stereocenters. The fraction of sp³-hybridized carbons (Fsp3) is 0.471. The van der Waals surface area contributed by atoms with E-state index in [0.29, 0.717) is 5.92 Å². The van der Waals surface area contributed by atoms with Gasteiger partial charge in [-0.15, -0.1) is 0 Å². The van der Waals surface area contributed by atoms with Gasteiger partial charge in [-0.1, -0.05) is 0 Å². The maximum Gasteiger partial charge on any atom is 0.219 e. The summed E-state index contributed by atoms with van der Waals surface area (Å²) in [5.41, 5.74) is 3.26. The molecule has 5 heteroatoms. The van der Waals surface area contributed by atoms with Crippen LogP contribution in [0, 0.1) is 5.92 Å². The first-order valence-electron chi connectivity index (χ1n) is 7.82. The molecule has 2 aromatic rings. The summed E-state index contributed by atoms with van der Waals surface area (Å²) < 4.78 is 1.84. The van der Waals surface area contributed by atoms with Crippen LogP contribution in [0.2, 0.25) is 0 Å². The smallest absolute Gasteiger partial charge is 0.219 e. The van der Waals surface area contributed by atoms with Crippen molar-refractivity contribution >= 4 is 5.91 Å². The van der Waals surface area contributed by atoms with Crippen molar-refractivity contribution in [1.29, 1.82) is 0 Å². The first kappa shape index (κ1) is 14.8. The van der Waals surface area contributed by atoms with Gasteiger partial charge in [-0.3, -0.25) is 14.5 Å². The molecule has 1 fully saturated rings. The van der Waals surface area contributed by atoms with Crippen molar-refractivity contribution in [3.8, 4) is 11.4 Å². The molecule has 0 saturated carbocycles. The van der Waals surface area contributed by atoms with E-state index in [-0.39, 0.29) is 5.91 Å². The molecule has 0 aliphatic carbocycles. The quantitative estimate of drug-likeness (QED) is 0.873. The number of piperidine rings is 1. The molecule has 1 amide bonds. The molecule has 1 saturated heterocycles. The average Bonchev–Trinajstić information content (AvgIpc) is 2.94. The van der Waals surface area contributed by atoms with E-state index in [1.807, 2.05) is 28.9 Å². The summed E-state index contributed by atoms with van der Waals surface area (Å²) in [5.74, 6) is 0.731. The van der Waals surface area contributed by atoms with Crippen LogP contribution in [0.3, 0.4) is 0 Å². The molecule has 3 heterocycles. The summed E-state index contributed by atoms with van der Waals surface area (Å²) in [5, 5.41) is 4.20. The molecular weight excluding hydrogens is 276 g/mol. The molecule has 1 aliphatic heterocycles. The Morgan fingerprint density at radius 3 is 2.95 bits per heavy atom. The van der Waals surface area contributed by atoms with Gasteiger partial charge in [0.05, 0.1) is 11.4 Å². The third-order valence-electron chi connectivity index (χ3n) is 4.40. The van der Waals surface area contributed by atoms with Crippen molar-refractivity contribution in [3.63, 3.8) is 0 Å². The van der Waals surface area contributed by atoms with Crippen molar-refractivity contribution in [2.75, 3.05) is 13.1 Å². The standard InChI is InChI=1S/C17H22N4O/c1-13(22)21-9-3-4-15(12-21)10-14-5-7-18-16(11-14)17-6-8-19-20(17)2/h5-8,11,15H,3-4,9-10,12H2,1-2H3. The van der Waals surface area contributed by atoms with Gasteiger partial charge >= 0.3 is 0 Å². The number of amides is 1. The lowest BCUT2D eigenvalue weighted by Gasteiger charge is -2.32. The Bertz CT molecular complexity index is 664. The van der Waals surface area contributed by atoms with E-state index in [0.717, 1.165) is 37.3 Å². The fourth-order valence-corrected chi connectivity index (χ4v) is 3.22. The van der Waals surface area contributed by atoms with Gasteiger partial charge in [0.1, 0.15) is 0 Å². The van der Waals surface area contributed by atoms with Crippen LogP contribution >= 0.6 is 0 Å². The SMILES string of the molecule is CC(=O)N1CCCC(Cc2ccnc(-c3ccnn3C)c2)C1. The van der Waals surface area contributed by atoms with Gasteiger partial charge in [-0.05, 0) is 48.9 Å². The van der Waals surface area contributed by atoms with Crippen molar-refractivity contribution in [1.82, 2.24) is 19.7 Å². The van der Waals surface area contributed by atoms with Crippen LogP contribution in [0.15, 0.2) is 30.6 Å². The summed E-state index contributed by atoms with van der Waals surface area (Å²) in [4.78, 5) is 18.0. The minimum absolute atomic E-state index is 0.190. The van der Waals surface area contributed by atoms with Crippen LogP contribution < -0.4 is 0 Å². The molecule has 0 N–H and O–H groups in total. The Morgan fingerprint density at radius 2 is 2.23 bits per heavy atom. The Kier molecular flexibility index (Phi) is 4.22. The largest absolute Gasteiger partial charge is 0.343 e. The van der Waals surface area contributed by atoms with Crippen molar-refractivity contribution in [2.24, 2.45) is 13.0 Å². The van der Waals surface area contributed by atoms with Gasteiger partial charge in [0.15, 0.2) is 0 Å². The molecule has 1 unspecified atom stereocenters. The van der Waals surface area contributed by atoms with Crippen molar-refractivity contribution < 1.29 is 4.79 Å². The monoisotopic (exact) mass is 298 g/mol. The number of aromatic nitrogens is 3. The van der Waals surface area contributed by atoms with Crippen LogP contribution in [-0.2, 0) is 18.3 Å². The number of rotatable bonds is 3. The van der Waals surface area contributed by atoms with Crippen molar-refractivity contribution in [3.05, 3.63) is 36.2 Å². The van der Waals surface area contributed by atoms with Crippen molar-refractivity contribution in [2.45, 2.75) is 26.2 Å². The molecular formula is C17H22N4O. The molecule has 2 aromatic heterocycles. The highest BCUT2D eigenvalue weighted by molar-refractivity contribution is 5.73. The molecule has 0 spiro atoms. The zero-order chi connectivity index (χ0) is 15.5. The predicted molar refractivity (Wildman–Crippen MR) is 85.1 cm³/mol. The van der Waals surface area contributed by atoms with E-state index in [1.54, 1.807) is 13.1 Å². The number of hydrogen-bond acceptors (Lipinski definition) is 3. The van der Waals surface area contributed by atoms with Gasteiger partial charge in [-0.25, -0.2) is 0 Å². The summed E-state index contributed by atoms with van der Waals surface area (Å²) in [6.07, 6.45) is 6.94. The van der Waals surface area contributed by atoms with Crippen LogP contribution in [-0.4, -0.2) is 38.7 Å². The first-order valence-corrected chi connectivity index (χ1v) is 7.82. The lowest BCUT2D eigenvalue weighted by Crippen LogP contribution is -2.39. The third-order valence-corrected chi connectivity index (χ3v) is 4.40. The highest BCUT2D eigenvalue weighted by Gasteiger charge is 2.21. The van der Waals surface area contributed by atoms with E-state index < -0.39 is 0 Å². The van der Waals surface area contributed by atoms with Crippen LogP contribution in [0.1, 0.15) is 25.3 Å². The molecule has 3 rings (SSSR count). The second kappa shape index (κ2) is 6.30. The number of pyridine rings is 1. The van der Waals surface area contributed by atoms with Crippen LogP contribution in [0.4, 0.5) is 0 Å². The fourth-order valence-electron chi connectivity index (χ4n) is 3.22. The summed E-state index contributed by atoms with van der Waals surface area (Å²) in [6.45, 7) is 3.44. The second-order valence-corrected chi connectivity index (χ2v) is 6.07. The van der Waals surface area contributed by atoms with Gasteiger partial charge in [0.25, 0.3) is 0 Å². The van der Waals surface area contributed by atoms with Crippen LogP contribution in [0.25, 0.3) is 11.4 Å². The maximum atomic E-state index is 11.6. The highest BCUT2D eigenvalue weighted by Crippen LogP contribution is 2.23. The van der Waals surface area contributed by atoms with E-state index in [9.17, 15) is 4.79 Å². The molecule has 22 heavy (non-hydrogen) atoms. The molecule has 0 aromatic carbocycles. The minimum atomic E-state index is 0.190.